The van der Waals surface area contributed by atoms with E-state index >= 15 is 0 Å². The number of methoxy groups -OCH3 is 2. The van der Waals surface area contributed by atoms with Gasteiger partial charge in [0.1, 0.15) is 17.2 Å². The molecule has 2 aromatic rings. The number of carbonyl (C=O) groups excluding carboxylic acids is 1. The first kappa shape index (κ1) is 14.7. The maximum atomic E-state index is 11.9. The van der Waals surface area contributed by atoms with Crippen LogP contribution in [-0.4, -0.2) is 26.6 Å². The Hall–Kier alpha value is -1.72. The Bertz CT molecular complexity index is 587. The highest BCUT2D eigenvalue weighted by atomic mass is 35.5. The summed E-state index contributed by atoms with van der Waals surface area (Å²) in [5.41, 5.74) is 0. The number of carbonyl (C=O) groups is 1. The number of thiophene rings is 1. The van der Waals surface area contributed by atoms with E-state index in [4.69, 9.17) is 25.8 Å². The van der Waals surface area contributed by atoms with Crippen molar-refractivity contribution < 1.29 is 19.0 Å². The molecule has 0 fully saturated rings. The molecule has 0 saturated carbocycles. The van der Waals surface area contributed by atoms with Crippen LogP contribution in [0.1, 0.15) is 9.67 Å². The number of hydrogen-bond acceptors (Lipinski definition) is 5. The van der Waals surface area contributed by atoms with Crippen LogP contribution in [0.5, 0.6) is 17.2 Å². The first-order chi connectivity index (χ1) is 9.62. The first-order valence-corrected chi connectivity index (χ1v) is 6.96. The number of Topliss-reactive ketones (excluding diaryl/α,β-unsaturated/α-hetero) is 1. The zero-order valence-corrected chi connectivity index (χ0v) is 12.6. The maximum Gasteiger partial charge on any atom is 0.210 e. The van der Waals surface area contributed by atoms with Gasteiger partial charge >= 0.3 is 0 Å². The van der Waals surface area contributed by atoms with E-state index in [0.29, 0.717) is 26.5 Å². The predicted molar refractivity (Wildman–Crippen MR) is 78.7 cm³/mol. The topological polar surface area (TPSA) is 44.8 Å². The number of ether oxygens (including phenoxy) is 3. The fourth-order valence-corrected chi connectivity index (χ4v) is 2.52. The molecule has 1 aromatic heterocycles. The highest BCUT2D eigenvalue weighted by Crippen LogP contribution is 2.28. The van der Waals surface area contributed by atoms with E-state index in [2.05, 4.69) is 0 Å². The van der Waals surface area contributed by atoms with Crippen LogP contribution in [0.2, 0.25) is 4.34 Å². The van der Waals surface area contributed by atoms with Crippen LogP contribution in [-0.2, 0) is 0 Å². The second-order valence-electron chi connectivity index (χ2n) is 3.86. The minimum Gasteiger partial charge on any atom is -0.496 e. The minimum absolute atomic E-state index is 0.0623. The van der Waals surface area contributed by atoms with Crippen LogP contribution in [0, 0.1) is 0 Å². The van der Waals surface area contributed by atoms with Crippen molar-refractivity contribution >= 4 is 28.7 Å². The van der Waals surface area contributed by atoms with E-state index in [9.17, 15) is 4.79 Å². The van der Waals surface area contributed by atoms with Gasteiger partial charge in [-0.3, -0.25) is 4.79 Å². The Morgan fingerprint density at radius 1 is 1.10 bits per heavy atom. The van der Waals surface area contributed by atoms with E-state index in [-0.39, 0.29) is 12.4 Å². The molecule has 20 heavy (non-hydrogen) atoms. The Labute approximate surface area is 125 Å². The van der Waals surface area contributed by atoms with Gasteiger partial charge < -0.3 is 14.2 Å². The molecule has 1 heterocycles. The van der Waals surface area contributed by atoms with Gasteiger partial charge in [-0.25, -0.2) is 0 Å². The molecule has 0 amide bonds. The number of hydrogen-bond donors (Lipinski definition) is 0. The second kappa shape index (κ2) is 6.63. The van der Waals surface area contributed by atoms with Crippen molar-refractivity contribution in [3.8, 4) is 17.2 Å². The van der Waals surface area contributed by atoms with E-state index in [1.165, 1.54) is 11.3 Å². The van der Waals surface area contributed by atoms with Gasteiger partial charge in [0.2, 0.25) is 5.78 Å². The van der Waals surface area contributed by atoms with Crippen LogP contribution in [0.25, 0.3) is 0 Å². The zero-order chi connectivity index (χ0) is 14.5. The molecule has 0 spiro atoms. The standard InChI is InChI=1S/C14H13ClO4S/c1-17-9-5-10(18-2)7-11(6-9)19-8-12(16)13-3-4-14(15)20-13/h3-7H,8H2,1-2H3. The second-order valence-corrected chi connectivity index (χ2v) is 5.58. The van der Waals surface area contributed by atoms with Crippen LogP contribution in [0.3, 0.4) is 0 Å². The molecule has 2 rings (SSSR count). The SMILES string of the molecule is COc1cc(OC)cc(OCC(=O)c2ccc(Cl)s2)c1. The third kappa shape index (κ3) is 3.65. The largest absolute Gasteiger partial charge is 0.496 e. The fraction of sp³-hybridized carbons (Fsp3) is 0.214. The summed E-state index contributed by atoms with van der Waals surface area (Å²) in [6, 6.07) is 8.49. The van der Waals surface area contributed by atoms with Crippen molar-refractivity contribution in [2.24, 2.45) is 0 Å². The van der Waals surface area contributed by atoms with Crippen LogP contribution in [0.4, 0.5) is 0 Å². The van der Waals surface area contributed by atoms with Gasteiger partial charge in [-0.05, 0) is 12.1 Å². The lowest BCUT2D eigenvalue weighted by Crippen LogP contribution is -2.10. The zero-order valence-electron chi connectivity index (χ0n) is 11.0. The van der Waals surface area contributed by atoms with E-state index < -0.39 is 0 Å². The molecule has 1 aromatic carbocycles. The van der Waals surface area contributed by atoms with Crippen molar-refractivity contribution in [2.75, 3.05) is 20.8 Å². The van der Waals surface area contributed by atoms with Gasteiger partial charge in [-0.15, -0.1) is 11.3 Å². The first-order valence-electron chi connectivity index (χ1n) is 5.77. The minimum atomic E-state index is -0.122. The molecule has 0 radical (unpaired) electrons. The Balaban J connectivity index is 2.05. The number of rotatable bonds is 6. The Morgan fingerprint density at radius 2 is 1.70 bits per heavy atom. The van der Waals surface area contributed by atoms with Gasteiger partial charge in [0.25, 0.3) is 0 Å². The third-order valence-electron chi connectivity index (χ3n) is 2.54. The summed E-state index contributed by atoms with van der Waals surface area (Å²) >= 11 is 7.03. The van der Waals surface area contributed by atoms with Crippen molar-refractivity contribution in [3.05, 3.63) is 39.5 Å². The van der Waals surface area contributed by atoms with E-state index in [1.807, 2.05) is 0 Å². The molecule has 0 atom stereocenters. The summed E-state index contributed by atoms with van der Waals surface area (Å²) in [5.74, 6) is 1.60. The highest BCUT2D eigenvalue weighted by molar-refractivity contribution is 7.18. The highest BCUT2D eigenvalue weighted by Gasteiger charge is 2.10. The molecule has 0 bridgehead atoms. The summed E-state index contributed by atoms with van der Waals surface area (Å²) in [7, 11) is 3.11. The molecule has 0 aliphatic carbocycles. The molecular formula is C14H13ClO4S. The molecule has 0 aliphatic heterocycles. The van der Waals surface area contributed by atoms with Crippen molar-refractivity contribution in [2.45, 2.75) is 0 Å². The van der Waals surface area contributed by atoms with E-state index in [0.717, 1.165) is 0 Å². The van der Waals surface area contributed by atoms with Crippen LogP contribution in [0.15, 0.2) is 30.3 Å². The third-order valence-corrected chi connectivity index (χ3v) is 3.82. The Kier molecular flexibility index (Phi) is 4.87. The summed E-state index contributed by atoms with van der Waals surface area (Å²) in [6.07, 6.45) is 0. The monoisotopic (exact) mass is 312 g/mol. The number of benzene rings is 1. The van der Waals surface area contributed by atoms with Crippen molar-refractivity contribution in [3.63, 3.8) is 0 Å². The van der Waals surface area contributed by atoms with Gasteiger partial charge in [0.15, 0.2) is 6.61 Å². The summed E-state index contributed by atoms with van der Waals surface area (Å²) in [6.45, 7) is -0.0623. The normalized spacial score (nSPS) is 10.2. The molecule has 106 valence electrons. The number of ketones is 1. The lowest BCUT2D eigenvalue weighted by atomic mass is 10.3. The number of halogens is 1. The predicted octanol–water partition coefficient (Wildman–Crippen LogP) is 3.68. The van der Waals surface area contributed by atoms with Gasteiger partial charge in [-0.2, -0.15) is 0 Å². The van der Waals surface area contributed by atoms with Gasteiger partial charge in [-0.1, -0.05) is 11.6 Å². The van der Waals surface area contributed by atoms with Crippen LogP contribution < -0.4 is 14.2 Å². The molecule has 0 unspecified atom stereocenters. The van der Waals surface area contributed by atoms with Crippen molar-refractivity contribution in [1.82, 2.24) is 0 Å². The summed E-state index contributed by atoms with van der Waals surface area (Å²) in [5, 5.41) is 0. The average Bonchev–Trinajstić information content (AvgIpc) is 2.91. The maximum absolute atomic E-state index is 11.9. The molecule has 0 aliphatic rings. The Morgan fingerprint density at radius 3 is 2.20 bits per heavy atom. The summed E-state index contributed by atoms with van der Waals surface area (Å²) < 4.78 is 16.3. The molecule has 0 N–H and O–H groups in total. The molecule has 6 heteroatoms. The molecular weight excluding hydrogens is 300 g/mol. The van der Waals surface area contributed by atoms with Crippen molar-refractivity contribution in [1.29, 1.82) is 0 Å². The smallest absolute Gasteiger partial charge is 0.210 e. The fourth-order valence-electron chi connectivity index (χ4n) is 1.55. The van der Waals surface area contributed by atoms with Crippen LogP contribution >= 0.6 is 22.9 Å². The van der Waals surface area contributed by atoms with Gasteiger partial charge in [0, 0.05) is 18.2 Å². The van der Waals surface area contributed by atoms with E-state index in [1.54, 1.807) is 44.6 Å². The summed E-state index contributed by atoms with van der Waals surface area (Å²) in [4.78, 5) is 12.5. The quantitative estimate of drug-likeness (QED) is 0.763. The lowest BCUT2D eigenvalue weighted by Gasteiger charge is -2.09. The lowest BCUT2D eigenvalue weighted by molar-refractivity contribution is 0.0925. The van der Waals surface area contributed by atoms with Gasteiger partial charge in [0.05, 0.1) is 23.4 Å². The molecule has 0 saturated heterocycles. The average molecular weight is 313 g/mol. The molecule has 4 nitrogen and oxygen atoms in total.